The maximum absolute atomic E-state index is 5.38. The molecule has 3 heteroatoms. The second kappa shape index (κ2) is 9.58. The summed E-state index contributed by atoms with van der Waals surface area (Å²) in [6, 6.07) is 49.4. The third-order valence-electron chi connectivity index (χ3n) is 7.92. The number of pyridine rings is 1. The molecule has 0 atom stereocenters. The lowest BCUT2D eigenvalue weighted by atomic mass is 10.00. The van der Waals surface area contributed by atoms with Crippen LogP contribution in [0.1, 0.15) is 0 Å². The first-order valence-electron chi connectivity index (χ1n) is 13.8. The molecule has 8 rings (SSSR count). The molecular formula is C38H25N3. The smallest absolute Gasteiger partial charge is 0.145 e. The van der Waals surface area contributed by atoms with E-state index in [1.807, 2.05) is 24.5 Å². The Morgan fingerprint density at radius 2 is 0.878 bits per heavy atom. The normalized spacial score (nSPS) is 11.4. The lowest BCUT2D eigenvalue weighted by Gasteiger charge is -2.13. The summed E-state index contributed by atoms with van der Waals surface area (Å²) in [5.41, 5.74) is 8.99. The van der Waals surface area contributed by atoms with Crippen LogP contribution in [0.3, 0.4) is 0 Å². The third-order valence-corrected chi connectivity index (χ3v) is 7.92. The molecule has 0 spiro atoms. The minimum Gasteiger partial charge on any atom is -0.292 e. The molecule has 0 saturated carbocycles. The number of aromatic nitrogens is 3. The third kappa shape index (κ3) is 3.90. The summed E-state index contributed by atoms with van der Waals surface area (Å²) in [5.74, 6) is 0.928. The minimum atomic E-state index is 0.928. The first kappa shape index (κ1) is 23.4. The summed E-state index contributed by atoms with van der Waals surface area (Å²) in [6.07, 6.45) is 3.67. The fourth-order valence-electron chi connectivity index (χ4n) is 5.94. The average molecular weight is 524 g/mol. The van der Waals surface area contributed by atoms with E-state index in [1.54, 1.807) is 0 Å². The van der Waals surface area contributed by atoms with Gasteiger partial charge in [0.2, 0.25) is 0 Å². The van der Waals surface area contributed by atoms with Crippen LogP contribution in [0, 0.1) is 0 Å². The Kier molecular flexibility index (Phi) is 5.46. The minimum absolute atomic E-state index is 0.928. The van der Waals surface area contributed by atoms with E-state index in [0.29, 0.717) is 0 Å². The van der Waals surface area contributed by atoms with E-state index < -0.39 is 0 Å². The highest BCUT2D eigenvalue weighted by Crippen LogP contribution is 2.39. The number of hydrogen-bond donors (Lipinski definition) is 0. The van der Waals surface area contributed by atoms with E-state index in [2.05, 4.69) is 137 Å². The lowest BCUT2D eigenvalue weighted by Crippen LogP contribution is -1.98. The van der Waals surface area contributed by atoms with E-state index in [-0.39, 0.29) is 0 Å². The van der Waals surface area contributed by atoms with Gasteiger partial charge in [0.25, 0.3) is 0 Å². The van der Waals surface area contributed by atoms with Gasteiger partial charge in [-0.1, -0.05) is 115 Å². The molecule has 2 aromatic heterocycles. The molecule has 0 aliphatic rings. The second-order valence-electron chi connectivity index (χ2n) is 10.3. The first-order valence-corrected chi connectivity index (χ1v) is 13.8. The van der Waals surface area contributed by atoms with Gasteiger partial charge in [0.15, 0.2) is 0 Å². The molecule has 0 fully saturated rings. The van der Waals surface area contributed by atoms with E-state index >= 15 is 0 Å². The zero-order chi connectivity index (χ0) is 27.2. The molecule has 0 N–H and O–H groups in total. The molecule has 0 radical (unpaired) electrons. The van der Waals surface area contributed by atoms with Crippen molar-refractivity contribution in [3.05, 3.63) is 152 Å². The molecule has 3 nitrogen and oxygen atoms in total. The van der Waals surface area contributed by atoms with Crippen LogP contribution in [-0.2, 0) is 0 Å². The number of imidazole rings is 1. The maximum atomic E-state index is 5.38. The number of nitrogens with zero attached hydrogens (tertiary/aromatic N) is 3. The summed E-state index contributed by atoms with van der Waals surface area (Å²) >= 11 is 0. The quantitative estimate of drug-likeness (QED) is 0.215. The Morgan fingerprint density at radius 3 is 1.56 bits per heavy atom. The van der Waals surface area contributed by atoms with Gasteiger partial charge in [-0.25, -0.2) is 4.98 Å². The van der Waals surface area contributed by atoms with Gasteiger partial charge < -0.3 is 0 Å². The Hall–Kier alpha value is -5.54. The predicted octanol–water partition coefficient (Wildman–Crippen LogP) is 9.73. The van der Waals surface area contributed by atoms with E-state index in [4.69, 9.17) is 4.98 Å². The van der Waals surface area contributed by atoms with Crippen molar-refractivity contribution in [1.29, 1.82) is 0 Å². The van der Waals surface area contributed by atoms with E-state index in [1.165, 1.54) is 27.3 Å². The fourth-order valence-corrected chi connectivity index (χ4v) is 5.94. The van der Waals surface area contributed by atoms with Crippen molar-refractivity contribution in [2.24, 2.45) is 0 Å². The van der Waals surface area contributed by atoms with Crippen LogP contribution >= 0.6 is 0 Å². The van der Waals surface area contributed by atoms with Crippen LogP contribution in [0.15, 0.2) is 152 Å². The van der Waals surface area contributed by atoms with Gasteiger partial charge in [0, 0.05) is 34.4 Å². The van der Waals surface area contributed by atoms with Gasteiger partial charge in [0.05, 0.1) is 11.0 Å². The van der Waals surface area contributed by atoms with Crippen LogP contribution in [0.25, 0.3) is 71.9 Å². The molecule has 2 heterocycles. The van der Waals surface area contributed by atoms with Gasteiger partial charge in [-0.3, -0.25) is 9.55 Å². The van der Waals surface area contributed by atoms with Crippen molar-refractivity contribution in [1.82, 2.24) is 14.5 Å². The van der Waals surface area contributed by atoms with Gasteiger partial charge in [-0.05, 0) is 57.3 Å². The molecule has 192 valence electrons. The summed E-state index contributed by atoms with van der Waals surface area (Å²) in [6.45, 7) is 0. The van der Waals surface area contributed by atoms with Gasteiger partial charge in [0.1, 0.15) is 5.82 Å². The predicted molar refractivity (Wildman–Crippen MR) is 170 cm³/mol. The summed E-state index contributed by atoms with van der Waals surface area (Å²) < 4.78 is 2.33. The fraction of sp³-hybridized carbons (Fsp3) is 0. The summed E-state index contributed by atoms with van der Waals surface area (Å²) in [5, 5.41) is 4.81. The van der Waals surface area contributed by atoms with Crippen molar-refractivity contribution in [3.63, 3.8) is 0 Å². The highest BCUT2D eigenvalue weighted by molar-refractivity contribution is 6.24. The topological polar surface area (TPSA) is 30.7 Å². The van der Waals surface area contributed by atoms with Gasteiger partial charge in [-0.2, -0.15) is 0 Å². The van der Waals surface area contributed by atoms with Crippen molar-refractivity contribution >= 4 is 32.6 Å². The van der Waals surface area contributed by atoms with Crippen molar-refractivity contribution in [2.75, 3.05) is 0 Å². The van der Waals surface area contributed by atoms with Crippen molar-refractivity contribution in [2.45, 2.75) is 0 Å². The number of benzene rings is 6. The number of rotatable bonds is 4. The van der Waals surface area contributed by atoms with E-state index in [9.17, 15) is 0 Å². The van der Waals surface area contributed by atoms with Crippen LogP contribution in [0.5, 0.6) is 0 Å². The Morgan fingerprint density at radius 1 is 0.390 bits per heavy atom. The second-order valence-corrected chi connectivity index (χ2v) is 10.3. The van der Waals surface area contributed by atoms with Crippen LogP contribution < -0.4 is 0 Å². The Bertz CT molecular complexity index is 2160. The van der Waals surface area contributed by atoms with Gasteiger partial charge in [-0.15, -0.1) is 0 Å². The molecule has 0 amide bonds. The summed E-state index contributed by atoms with van der Waals surface area (Å²) in [4.78, 5) is 9.55. The molecule has 0 aliphatic carbocycles. The summed E-state index contributed by atoms with van der Waals surface area (Å²) in [7, 11) is 0. The highest BCUT2D eigenvalue weighted by Gasteiger charge is 2.20. The molecule has 0 aliphatic heterocycles. The average Bonchev–Trinajstić information content (AvgIpc) is 3.47. The number of hydrogen-bond acceptors (Lipinski definition) is 2. The zero-order valence-corrected chi connectivity index (χ0v) is 22.3. The highest BCUT2D eigenvalue weighted by atomic mass is 15.1. The zero-order valence-electron chi connectivity index (χ0n) is 22.3. The Labute approximate surface area is 238 Å². The van der Waals surface area contributed by atoms with Crippen LogP contribution in [0.4, 0.5) is 0 Å². The SMILES string of the molecule is c1ccc(-c2ccc(-c3nc4c5ccccc5c5ccccc5c4n3-c3ccc(-c4ccncc4)cc3)cc2)cc1. The molecule has 0 saturated heterocycles. The van der Waals surface area contributed by atoms with Crippen molar-refractivity contribution in [3.8, 4) is 39.3 Å². The van der Waals surface area contributed by atoms with Gasteiger partial charge >= 0.3 is 0 Å². The van der Waals surface area contributed by atoms with E-state index in [0.717, 1.165) is 44.6 Å². The molecule has 0 unspecified atom stereocenters. The largest absolute Gasteiger partial charge is 0.292 e. The van der Waals surface area contributed by atoms with Crippen LogP contribution in [-0.4, -0.2) is 14.5 Å². The molecule has 8 aromatic rings. The molecule has 6 aromatic carbocycles. The lowest BCUT2D eigenvalue weighted by molar-refractivity contribution is 1.11. The maximum Gasteiger partial charge on any atom is 0.145 e. The standard InChI is InChI=1S/C38H25N3/c1-2-8-26(9-3-1)27-14-16-30(17-15-27)38-40-36-34-12-6-4-10-32(34)33-11-5-7-13-35(33)37(36)41(38)31-20-18-28(19-21-31)29-22-24-39-25-23-29/h1-25H. The van der Waals surface area contributed by atoms with Crippen LogP contribution in [0.2, 0.25) is 0 Å². The molecule has 0 bridgehead atoms. The monoisotopic (exact) mass is 523 g/mol. The number of fused-ring (bicyclic) bond motifs is 6. The van der Waals surface area contributed by atoms with Crippen molar-refractivity contribution < 1.29 is 0 Å². The molecule has 41 heavy (non-hydrogen) atoms. The molecular weight excluding hydrogens is 498 g/mol. The Balaban J connectivity index is 1.40. The first-order chi connectivity index (χ1) is 20.3.